The topological polar surface area (TPSA) is 94.6 Å². The van der Waals surface area contributed by atoms with E-state index in [2.05, 4.69) is 13.0 Å². The average molecular weight is 703 g/mol. The van der Waals surface area contributed by atoms with Gasteiger partial charge in [-0.1, -0.05) is 62.2 Å². The molecular weight excluding hydrogens is 644 g/mol. The maximum Gasteiger partial charge on any atom is 0.410 e. The molecule has 9 heteroatoms. The number of benzene rings is 2. The number of likely N-dealkylation sites (tertiary alicyclic amines) is 2. The van der Waals surface area contributed by atoms with Crippen LogP contribution >= 0.6 is 0 Å². The van der Waals surface area contributed by atoms with Crippen molar-refractivity contribution in [3.05, 3.63) is 65.2 Å². The molecule has 2 aliphatic heterocycles. The molecule has 9 nitrogen and oxygen atoms in total. The molecule has 2 saturated heterocycles. The molecule has 51 heavy (non-hydrogen) atoms. The highest BCUT2D eigenvalue weighted by molar-refractivity contribution is 5.71. The number of rotatable bonds is 14. The van der Waals surface area contributed by atoms with E-state index in [-0.39, 0.29) is 43.5 Å². The number of hydrogen-bond acceptors (Lipinski definition) is 7. The summed E-state index contributed by atoms with van der Waals surface area (Å²) in [6, 6.07) is 15.8. The third kappa shape index (κ3) is 10.2. The quantitative estimate of drug-likeness (QED) is 0.111. The van der Waals surface area contributed by atoms with Crippen molar-refractivity contribution < 1.29 is 33.3 Å². The largest absolute Gasteiger partial charge is 0.482 e. The predicted octanol–water partition coefficient (Wildman–Crippen LogP) is 8.50. The van der Waals surface area contributed by atoms with Crippen molar-refractivity contribution in [1.82, 2.24) is 9.80 Å². The van der Waals surface area contributed by atoms with E-state index in [1.807, 2.05) is 52.3 Å². The Hall–Kier alpha value is -3.75. The molecule has 278 valence electrons. The number of hydrogen-bond donors (Lipinski definition) is 0. The third-order valence-electron chi connectivity index (χ3n) is 11.6. The van der Waals surface area contributed by atoms with Gasteiger partial charge in [-0.2, -0.15) is 0 Å². The van der Waals surface area contributed by atoms with Gasteiger partial charge in [0.15, 0.2) is 6.61 Å². The summed E-state index contributed by atoms with van der Waals surface area (Å²) in [5.41, 5.74) is 3.31. The third-order valence-corrected chi connectivity index (χ3v) is 11.6. The van der Waals surface area contributed by atoms with E-state index >= 15 is 0 Å². The van der Waals surface area contributed by atoms with E-state index in [9.17, 15) is 14.4 Å². The van der Waals surface area contributed by atoms with Gasteiger partial charge in [0.2, 0.25) is 0 Å². The van der Waals surface area contributed by atoms with E-state index in [1.165, 1.54) is 12.0 Å². The van der Waals surface area contributed by atoms with Crippen molar-refractivity contribution in [2.24, 2.45) is 17.8 Å². The first-order valence-corrected chi connectivity index (χ1v) is 19.8. The fourth-order valence-electron chi connectivity index (χ4n) is 8.80. The Balaban J connectivity index is 1.13. The number of carbonyl (C=O) groups is 3. The first-order chi connectivity index (χ1) is 25.0. The summed E-state index contributed by atoms with van der Waals surface area (Å²) >= 11 is 0. The van der Waals surface area contributed by atoms with Crippen LogP contribution in [0.25, 0.3) is 0 Å². The van der Waals surface area contributed by atoms with Gasteiger partial charge in [-0.05, 0) is 124 Å². The van der Waals surface area contributed by atoms with Crippen molar-refractivity contribution in [2.45, 2.75) is 122 Å². The summed E-state index contributed by atoms with van der Waals surface area (Å²) in [6.45, 7) is 5.34. The fourth-order valence-corrected chi connectivity index (χ4v) is 8.80. The number of nitrogens with zero attached hydrogens (tertiary/aromatic N) is 2. The van der Waals surface area contributed by atoms with E-state index < -0.39 is 5.97 Å². The maximum absolute atomic E-state index is 13.5. The summed E-state index contributed by atoms with van der Waals surface area (Å²) in [7, 11) is 0. The fraction of sp³-hybridized carbons (Fsp3) is 0.643. The average Bonchev–Trinajstić information content (AvgIpc) is 3.50. The lowest BCUT2D eigenvalue weighted by Gasteiger charge is -2.34. The molecule has 0 N–H and O–H groups in total. The van der Waals surface area contributed by atoms with E-state index in [4.69, 9.17) is 18.9 Å². The number of fused-ring (bicyclic) bond motifs is 2. The molecule has 5 atom stereocenters. The molecular formula is C42H58N2O7. The Kier molecular flexibility index (Phi) is 13.5. The normalized spacial score (nSPS) is 23.5. The number of ether oxygens (including phenoxy) is 4. The molecule has 0 aromatic heterocycles. The van der Waals surface area contributed by atoms with Crippen LogP contribution in [0.15, 0.2) is 48.5 Å². The zero-order chi connectivity index (χ0) is 35.4. The Morgan fingerprint density at radius 1 is 0.804 bits per heavy atom. The number of unbranched alkanes of at least 4 members (excludes halogenated alkanes) is 2. The Bertz CT molecular complexity index is 1420. The van der Waals surface area contributed by atoms with Crippen molar-refractivity contribution in [1.29, 1.82) is 0 Å². The molecule has 2 aliphatic carbocycles. The van der Waals surface area contributed by atoms with Crippen molar-refractivity contribution in [3.8, 4) is 5.75 Å². The number of carbonyl (C=O) groups excluding carboxylic acids is 3. The monoisotopic (exact) mass is 702 g/mol. The Morgan fingerprint density at radius 2 is 1.53 bits per heavy atom. The van der Waals surface area contributed by atoms with Crippen LogP contribution in [0, 0.1) is 17.8 Å². The molecule has 3 fully saturated rings. The summed E-state index contributed by atoms with van der Waals surface area (Å²) in [5, 5.41) is 0. The lowest BCUT2D eigenvalue weighted by atomic mass is 9.73. The van der Waals surface area contributed by atoms with Crippen LogP contribution in [0.2, 0.25) is 0 Å². The van der Waals surface area contributed by atoms with Crippen molar-refractivity contribution >= 4 is 18.2 Å². The van der Waals surface area contributed by atoms with Crippen LogP contribution in [0.5, 0.6) is 5.75 Å². The number of amides is 2. The second kappa shape index (κ2) is 18.7. The van der Waals surface area contributed by atoms with E-state index in [1.54, 1.807) is 0 Å². The van der Waals surface area contributed by atoms with E-state index in [0.717, 1.165) is 133 Å². The molecule has 2 aromatic rings. The van der Waals surface area contributed by atoms with E-state index in [0.29, 0.717) is 11.8 Å². The lowest BCUT2D eigenvalue weighted by molar-refractivity contribution is -0.147. The maximum atomic E-state index is 13.5. The second-order valence-corrected chi connectivity index (χ2v) is 15.2. The van der Waals surface area contributed by atoms with Gasteiger partial charge in [0.25, 0.3) is 0 Å². The molecule has 2 aromatic carbocycles. The molecule has 4 aliphatic rings. The minimum Gasteiger partial charge on any atom is -0.482 e. The molecule has 6 rings (SSSR count). The van der Waals surface area contributed by atoms with Gasteiger partial charge in [0.05, 0.1) is 0 Å². The molecule has 0 bridgehead atoms. The molecule has 0 unspecified atom stereocenters. The summed E-state index contributed by atoms with van der Waals surface area (Å²) in [4.78, 5) is 43.0. The van der Waals surface area contributed by atoms with Gasteiger partial charge >= 0.3 is 18.2 Å². The second-order valence-electron chi connectivity index (χ2n) is 15.2. The van der Waals surface area contributed by atoms with Crippen LogP contribution in [0.4, 0.5) is 9.59 Å². The summed E-state index contributed by atoms with van der Waals surface area (Å²) < 4.78 is 24.2. The van der Waals surface area contributed by atoms with Crippen LogP contribution in [0.3, 0.4) is 0 Å². The smallest absolute Gasteiger partial charge is 0.410 e. The SMILES string of the molecule is CCCCC[C@@H](CC[C@@H]1[C@H]2Cc3cccc(OCC(=O)OCc4ccccc4)c3C[C@H]2C[C@H]1OC(=O)N1CCCCC1)OC(=O)N1CCCCC1. The van der Waals surface area contributed by atoms with Crippen LogP contribution < -0.4 is 4.74 Å². The van der Waals surface area contributed by atoms with Gasteiger partial charge in [-0.3, -0.25) is 0 Å². The zero-order valence-electron chi connectivity index (χ0n) is 30.6. The molecule has 1 saturated carbocycles. The predicted molar refractivity (Wildman–Crippen MR) is 195 cm³/mol. The highest BCUT2D eigenvalue weighted by Crippen LogP contribution is 2.50. The Morgan fingerprint density at radius 3 is 2.25 bits per heavy atom. The molecule has 2 amide bonds. The van der Waals surface area contributed by atoms with Gasteiger partial charge in [0.1, 0.15) is 24.6 Å². The van der Waals surface area contributed by atoms with Crippen LogP contribution in [-0.2, 0) is 38.5 Å². The molecule has 0 radical (unpaired) electrons. The van der Waals surface area contributed by atoms with Gasteiger partial charge < -0.3 is 28.7 Å². The lowest BCUT2D eigenvalue weighted by Crippen LogP contribution is -2.39. The van der Waals surface area contributed by atoms with Gasteiger partial charge in [0, 0.05) is 26.2 Å². The minimum absolute atomic E-state index is 0.138. The van der Waals surface area contributed by atoms with Gasteiger partial charge in [-0.15, -0.1) is 0 Å². The summed E-state index contributed by atoms with van der Waals surface area (Å²) in [5.74, 6) is 1.18. The number of esters is 1. The van der Waals surface area contributed by atoms with Crippen molar-refractivity contribution in [2.75, 3.05) is 32.8 Å². The van der Waals surface area contributed by atoms with Crippen LogP contribution in [-0.4, -0.2) is 72.9 Å². The van der Waals surface area contributed by atoms with Crippen molar-refractivity contribution in [3.63, 3.8) is 0 Å². The molecule has 0 spiro atoms. The Labute approximate surface area is 304 Å². The highest BCUT2D eigenvalue weighted by atomic mass is 16.6. The molecule has 2 heterocycles. The minimum atomic E-state index is -0.398. The van der Waals surface area contributed by atoms with Gasteiger partial charge in [-0.25, -0.2) is 14.4 Å². The first kappa shape index (κ1) is 37.0. The van der Waals surface area contributed by atoms with Crippen LogP contribution in [0.1, 0.15) is 107 Å². The first-order valence-electron chi connectivity index (χ1n) is 19.8. The zero-order valence-corrected chi connectivity index (χ0v) is 30.6. The standard InChI is InChI=1S/C42H58N2O7/c1-2-3-7-18-34(50-41(46)43-22-10-5-11-23-43)20-21-35-36-26-32-17-14-19-38(48-30-40(45)49-29-31-15-8-4-9-16-31)37(32)27-33(36)28-39(35)51-42(47)44-24-12-6-13-25-44/h4,8-9,14-17,19,33-36,39H,2-3,5-7,10-13,18,20-30H2,1H3/t33-,34-,35+,36-,39+/m0/s1. The summed E-state index contributed by atoms with van der Waals surface area (Å²) in [6.07, 6.45) is 14.0. The highest BCUT2D eigenvalue weighted by Gasteiger charge is 2.48. The number of piperidine rings is 2.